The van der Waals surface area contributed by atoms with E-state index in [1.807, 2.05) is 0 Å². The highest BCUT2D eigenvalue weighted by atomic mass is 16.7. The van der Waals surface area contributed by atoms with Gasteiger partial charge in [0.1, 0.15) is 0 Å². The van der Waals surface area contributed by atoms with E-state index < -0.39 is 54.6 Å². The van der Waals surface area contributed by atoms with E-state index in [1.54, 1.807) is 0 Å². The molecule has 1 saturated heterocycles. The van der Waals surface area contributed by atoms with Crippen LogP contribution in [0, 0.1) is 52.3 Å². The first kappa shape index (κ1) is 39.0. The third kappa shape index (κ3) is 7.91. The number of ether oxygens (including phenoxy) is 6. The number of methoxy groups -OCH3 is 1. The zero-order valence-electron chi connectivity index (χ0n) is 32.1. The Morgan fingerprint density at radius 3 is 2.00 bits per heavy atom. The fourth-order valence-corrected chi connectivity index (χ4v) is 11.7. The average Bonchev–Trinajstić information content (AvgIpc) is 3.40. The first-order valence-electron chi connectivity index (χ1n) is 19.5. The van der Waals surface area contributed by atoms with Crippen molar-refractivity contribution in [1.29, 1.82) is 0 Å². The summed E-state index contributed by atoms with van der Waals surface area (Å²) in [5, 5.41) is 0. The second-order valence-corrected chi connectivity index (χ2v) is 17.4. The molecule has 14 atom stereocenters. The highest BCUT2D eigenvalue weighted by molar-refractivity contribution is 5.77. The Hall–Kier alpha value is -2.20. The average molecular weight is 705 g/mol. The van der Waals surface area contributed by atoms with Gasteiger partial charge in [-0.05, 0) is 110 Å². The molecule has 0 aromatic carbocycles. The van der Waals surface area contributed by atoms with Gasteiger partial charge in [-0.2, -0.15) is 0 Å². The van der Waals surface area contributed by atoms with E-state index >= 15 is 0 Å². The maximum atomic E-state index is 12.9. The first-order valence-corrected chi connectivity index (χ1v) is 19.5. The van der Waals surface area contributed by atoms with Crippen molar-refractivity contribution in [1.82, 2.24) is 0 Å². The summed E-state index contributed by atoms with van der Waals surface area (Å²) < 4.78 is 34.3. The van der Waals surface area contributed by atoms with Gasteiger partial charge in [-0.15, -0.1) is 0 Å². The summed E-state index contributed by atoms with van der Waals surface area (Å²) in [5.41, 5.74) is 0.674. The zero-order valence-corrected chi connectivity index (χ0v) is 32.1. The Morgan fingerprint density at radius 2 is 1.36 bits per heavy atom. The van der Waals surface area contributed by atoms with Gasteiger partial charge in [0.25, 0.3) is 0 Å². The van der Waals surface area contributed by atoms with Crippen LogP contribution in [0.15, 0.2) is 0 Å². The number of fused-ring (bicyclic) bond motifs is 5. The van der Waals surface area contributed by atoms with Gasteiger partial charge in [0.15, 0.2) is 30.7 Å². The zero-order chi connectivity index (χ0) is 36.5. The predicted octanol–water partition coefficient (Wildman–Crippen LogP) is 7.19. The third-order valence-electron chi connectivity index (χ3n) is 14.0. The van der Waals surface area contributed by atoms with Crippen LogP contribution in [-0.2, 0) is 47.6 Å². The SMILES string of the molecule is COC(=O)[C@H]1O[C@H](O[C@H]2CC[C@@]3(C)[C@@H](CC[C@@H]4[C@@H]3CC[C@]3(C)[C@@H]([C@H](C)CCCC(C)C)CC[C@@H]43)C2)[C@H](OC(C)=O)[C@@H](OC(C)=O)[C@@H]1OC(C)=O. The molecule has 0 amide bonds. The molecular weight excluding hydrogens is 640 g/mol. The minimum Gasteiger partial charge on any atom is -0.467 e. The minimum atomic E-state index is -1.45. The summed E-state index contributed by atoms with van der Waals surface area (Å²) in [7, 11) is 1.19. The monoisotopic (exact) mass is 704 g/mol. The van der Waals surface area contributed by atoms with Crippen LogP contribution in [0.5, 0.6) is 0 Å². The number of rotatable bonds is 11. The molecule has 0 radical (unpaired) electrons. The van der Waals surface area contributed by atoms with E-state index in [4.69, 9.17) is 28.4 Å². The minimum absolute atomic E-state index is 0.217. The van der Waals surface area contributed by atoms with Crippen LogP contribution in [0.2, 0.25) is 0 Å². The largest absolute Gasteiger partial charge is 0.467 e. The van der Waals surface area contributed by atoms with Crippen molar-refractivity contribution >= 4 is 23.9 Å². The Bertz CT molecular complexity index is 1230. The second-order valence-electron chi connectivity index (χ2n) is 17.4. The van der Waals surface area contributed by atoms with E-state index in [1.165, 1.54) is 79.2 Å². The number of esters is 4. The molecular formula is C40H64O10. The van der Waals surface area contributed by atoms with Crippen LogP contribution in [0.3, 0.4) is 0 Å². The van der Waals surface area contributed by atoms with Crippen LogP contribution in [0.4, 0.5) is 0 Å². The van der Waals surface area contributed by atoms with Crippen molar-refractivity contribution in [2.45, 2.75) is 169 Å². The summed E-state index contributed by atoms with van der Waals surface area (Å²) in [4.78, 5) is 49.5. The van der Waals surface area contributed by atoms with E-state index in [-0.39, 0.29) is 11.5 Å². The van der Waals surface area contributed by atoms with Crippen molar-refractivity contribution < 1.29 is 47.6 Å². The van der Waals surface area contributed by atoms with Crippen LogP contribution >= 0.6 is 0 Å². The van der Waals surface area contributed by atoms with E-state index in [0.717, 1.165) is 55.3 Å². The van der Waals surface area contributed by atoms with Crippen LogP contribution < -0.4 is 0 Å². The Balaban J connectivity index is 1.29. The highest BCUT2D eigenvalue weighted by Gasteiger charge is 2.61. The highest BCUT2D eigenvalue weighted by Crippen LogP contribution is 2.68. The number of carbonyl (C=O) groups excluding carboxylic acids is 4. The Morgan fingerprint density at radius 1 is 0.740 bits per heavy atom. The van der Waals surface area contributed by atoms with Gasteiger partial charge in [-0.1, -0.05) is 53.9 Å². The topological polar surface area (TPSA) is 124 Å². The molecule has 5 aliphatic rings. The molecule has 5 rings (SSSR count). The fourth-order valence-electron chi connectivity index (χ4n) is 11.7. The molecule has 0 N–H and O–H groups in total. The normalized spacial score (nSPS) is 41.6. The fraction of sp³-hybridized carbons (Fsp3) is 0.900. The van der Waals surface area contributed by atoms with E-state index in [9.17, 15) is 19.2 Å². The first-order chi connectivity index (χ1) is 23.6. The van der Waals surface area contributed by atoms with Crippen molar-refractivity contribution in [2.24, 2.45) is 52.3 Å². The van der Waals surface area contributed by atoms with Crippen LogP contribution in [0.25, 0.3) is 0 Å². The molecule has 1 aliphatic heterocycles. The van der Waals surface area contributed by atoms with Gasteiger partial charge in [-0.25, -0.2) is 4.79 Å². The molecule has 0 aromatic heterocycles. The number of hydrogen-bond donors (Lipinski definition) is 0. The Kier molecular flexibility index (Phi) is 12.3. The molecule has 4 saturated carbocycles. The second kappa shape index (κ2) is 15.8. The molecule has 0 bridgehead atoms. The molecule has 5 fully saturated rings. The summed E-state index contributed by atoms with van der Waals surface area (Å²) in [6.07, 6.45) is 7.60. The van der Waals surface area contributed by atoms with Crippen LogP contribution in [-0.4, -0.2) is 67.8 Å². The smallest absolute Gasteiger partial charge is 0.339 e. The van der Waals surface area contributed by atoms with Gasteiger partial charge in [0.05, 0.1) is 13.2 Å². The molecule has 0 aromatic rings. The van der Waals surface area contributed by atoms with Gasteiger partial charge in [-0.3, -0.25) is 14.4 Å². The maximum Gasteiger partial charge on any atom is 0.339 e. The molecule has 284 valence electrons. The van der Waals surface area contributed by atoms with Gasteiger partial charge in [0, 0.05) is 20.8 Å². The molecule has 10 heteroatoms. The van der Waals surface area contributed by atoms with Crippen molar-refractivity contribution in [2.75, 3.05) is 7.11 Å². The molecule has 10 nitrogen and oxygen atoms in total. The molecule has 4 aliphatic carbocycles. The summed E-state index contributed by atoms with van der Waals surface area (Å²) in [5.74, 6) is 2.28. The lowest BCUT2D eigenvalue weighted by molar-refractivity contribution is -0.315. The van der Waals surface area contributed by atoms with Crippen molar-refractivity contribution in [3.8, 4) is 0 Å². The van der Waals surface area contributed by atoms with Crippen molar-refractivity contribution in [3.05, 3.63) is 0 Å². The molecule has 50 heavy (non-hydrogen) atoms. The number of hydrogen-bond acceptors (Lipinski definition) is 10. The van der Waals surface area contributed by atoms with E-state index in [2.05, 4.69) is 34.6 Å². The lowest BCUT2D eigenvalue weighted by atomic mass is 9.44. The molecule has 0 unspecified atom stereocenters. The molecule has 0 spiro atoms. The lowest BCUT2D eigenvalue weighted by Gasteiger charge is -2.61. The van der Waals surface area contributed by atoms with Gasteiger partial charge >= 0.3 is 23.9 Å². The maximum absolute atomic E-state index is 12.9. The number of carbonyl (C=O) groups is 4. The Labute approximate surface area is 299 Å². The quantitative estimate of drug-likeness (QED) is 0.124. The third-order valence-corrected chi connectivity index (χ3v) is 14.0. The summed E-state index contributed by atoms with van der Waals surface area (Å²) in [6, 6.07) is 0. The summed E-state index contributed by atoms with van der Waals surface area (Å²) >= 11 is 0. The molecule has 1 heterocycles. The predicted molar refractivity (Wildman–Crippen MR) is 185 cm³/mol. The van der Waals surface area contributed by atoms with E-state index in [0.29, 0.717) is 17.3 Å². The lowest BCUT2D eigenvalue weighted by Crippen LogP contribution is -2.64. The standard InChI is InChI=1S/C40H64O10/c1-22(2)11-10-12-23(3)30-15-16-31-29-14-13-27-21-28(17-19-39(27,7)32(29)18-20-40(30,31)8)49-38-36(48-26(6)43)34(47-25(5)42)33(46-24(4)41)35(50-38)37(44)45-9/h22-23,27-36,38H,10-21H2,1-9H3/t23-,27+,28+,29+,30-,31+,32+,33+,34+,35+,36-,38+,39+,40-/m1/s1. The van der Waals surface area contributed by atoms with Gasteiger partial charge in [0.2, 0.25) is 0 Å². The summed E-state index contributed by atoms with van der Waals surface area (Å²) in [6.45, 7) is 16.0. The van der Waals surface area contributed by atoms with Crippen molar-refractivity contribution in [3.63, 3.8) is 0 Å². The van der Waals surface area contributed by atoms with Gasteiger partial charge < -0.3 is 28.4 Å². The van der Waals surface area contributed by atoms with Crippen LogP contribution in [0.1, 0.15) is 132 Å².